The number of aryl methyl sites for hydroxylation is 1. The highest BCUT2D eigenvalue weighted by atomic mass is 16.5. The van der Waals surface area contributed by atoms with Crippen LogP contribution in [-0.4, -0.2) is 6.04 Å². The van der Waals surface area contributed by atoms with E-state index in [0.717, 1.165) is 29.5 Å². The zero-order valence-corrected chi connectivity index (χ0v) is 15.1. The van der Waals surface area contributed by atoms with Crippen molar-refractivity contribution in [2.75, 3.05) is 0 Å². The highest BCUT2D eigenvalue weighted by Crippen LogP contribution is 2.34. The summed E-state index contributed by atoms with van der Waals surface area (Å²) < 4.78 is 11.6. The number of unbranched alkanes of at least 4 members (excludes halogenated alkanes) is 1. The van der Waals surface area contributed by atoms with Gasteiger partial charge in [0.25, 0.3) is 0 Å². The van der Waals surface area contributed by atoms with Crippen molar-refractivity contribution in [3.05, 3.63) is 66.1 Å². The van der Waals surface area contributed by atoms with Crippen molar-refractivity contribution in [3.63, 3.8) is 0 Å². The molecule has 2 atom stereocenters. The van der Waals surface area contributed by atoms with E-state index in [4.69, 9.17) is 14.9 Å². The molecule has 132 valence electrons. The standard InChI is InChI=1S/C22H27NO2/c1-3-4-7-17-10-11-21(20-9-6-5-8-19(17)20)25-22(14-16(2)23)18-12-13-24-15-18/h5-6,8-13,15-16,22H,3-4,7,14,23H2,1-2H3. The molecule has 0 radical (unpaired) electrons. The van der Waals surface area contributed by atoms with Gasteiger partial charge < -0.3 is 14.9 Å². The monoisotopic (exact) mass is 337 g/mol. The van der Waals surface area contributed by atoms with E-state index < -0.39 is 0 Å². The number of furan rings is 1. The largest absolute Gasteiger partial charge is 0.485 e. The average Bonchev–Trinajstić information content (AvgIpc) is 3.14. The fourth-order valence-electron chi connectivity index (χ4n) is 3.22. The van der Waals surface area contributed by atoms with Crippen LogP contribution in [0.3, 0.4) is 0 Å². The maximum absolute atomic E-state index is 6.40. The summed E-state index contributed by atoms with van der Waals surface area (Å²) in [6, 6.07) is 14.8. The van der Waals surface area contributed by atoms with Gasteiger partial charge in [0.15, 0.2) is 0 Å². The molecule has 0 amide bonds. The summed E-state index contributed by atoms with van der Waals surface area (Å²) in [7, 11) is 0. The Kier molecular flexibility index (Phi) is 5.77. The molecule has 0 aliphatic heterocycles. The van der Waals surface area contributed by atoms with Gasteiger partial charge in [0, 0.05) is 23.4 Å². The van der Waals surface area contributed by atoms with Gasteiger partial charge in [0.05, 0.1) is 12.5 Å². The Morgan fingerprint density at radius 2 is 1.88 bits per heavy atom. The molecule has 3 heteroatoms. The second-order valence-corrected chi connectivity index (χ2v) is 6.75. The van der Waals surface area contributed by atoms with Crippen LogP contribution in [0.5, 0.6) is 5.75 Å². The van der Waals surface area contributed by atoms with Crippen LogP contribution in [0.25, 0.3) is 10.8 Å². The third-order valence-electron chi connectivity index (χ3n) is 4.54. The maximum atomic E-state index is 6.40. The van der Waals surface area contributed by atoms with E-state index in [1.807, 2.05) is 13.0 Å². The lowest BCUT2D eigenvalue weighted by Gasteiger charge is -2.21. The van der Waals surface area contributed by atoms with E-state index in [2.05, 4.69) is 43.3 Å². The van der Waals surface area contributed by atoms with Crippen LogP contribution in [0.1, 0.15) is 50.3 Å². The minimum absolute atomic E-state index is 0.0509. The minimum atomic E-state index is -0.108. The molecule has 0 aliphatic carbocycles. The number of fused-ring (bicyclic) bond motifs is 1. The highest BCUT2D eigenvalue weighted by Gasteiger charge is 2.18. The molecule has 0 saturated heterocycles. The number of benzene rings is 2. The molecule has 0 saturated carbocycles. The van der Waals surface area contributed by atoms with Crippen LogP contribution in [0.15, 0.2) is 59.4 Å². The number of hydrogen-bond acceptors (Lipinski definition) is 3. The predicted molar refractivity (Wildman–Crippen MR) is 103 cm³/mol. The number of rotatable bonds is 8. The molecule has 2 unspecified atom stereocenters. The normalized spacial score (nSPS) is 13.7. The second-order valence-electron chi connectivity index (χ2n) is 6.75. The van der Waals surface area contributed by atoms with Gasteiger partial charge in [-0.3, -0.25) is 0 Å². The predicted octanol–water partition coefficient (Wildman–Crippen LogP) is 5.63. The molecule has 3 nitrogen and oxygen atoms in total. The molecule has 0 bridgehead atoms. The lowest BCUT2D eigenvalue weighted by Crippen LogP contribution is -2.21. The number of nitrogens with two attached hydrogens (primary N) is 1. The molecule has 1 heterocycles. The first-order chi connectivity index (χ1) is 12.2. The topological polar surface area (TPSA) is 48.4 Å². The van der Waals surface area contributed by atoms with E-state index in [9.17, 15) is 0 Å². The van der Waals surface area contributed by atoms with E-state index >= 15 is 0 Å². The summed E-state index contributed by atoms with van der Waals surface area (Å²) >= 11 is 0. The molecule has 1 aromatic heterocycles. The van der Waals surface area contributed by atoms with Gasteiger partial charge in [-0.25, -0.2) is 0 Å². The van der Waals surface area contributed by atoms with Gasteiger partial charge in [0.2, 0.25) is 0 Å². The fraction of sp³-hybridized carbons (Fsp3) is 0.364. The van der Waals surface area contributed by atoms with Gasteiger partial charge in [-0.05, 0) is 42.8 Å². The van der Waals surface area contributed by atoms with Crippen LogP contribution >= 0.6 is 0 Å². The summed E-state index contributed by atoms with van der Waals surface area (Å²) in [5.41, 5.74) is 8.44. The summed E-state index contributed by atoms with van der Waals surface area (Å²) in [4.78, 5) is 0. The molecule has 3 aromatic rings. The van der Waals surface area contributed by atoms with E-state index in [0.29, 0.717) is 0 Å². The van der Waals surface area contributed by atoms with Crippen LogP contribution < -0.4 is 10.5 Å². The van der Waals surface area contributed by atoms with Gasteiger partial charge in [-0.15, -0.1) is 0 Å². The molecule has 0 aliphatic rings. The summed E-state index contributed by atoms with van der Waals surface area (Å²) in [6.07, 6.45) is 7.55. The second kappa shape index (κ2) is 8.21. The van der Waals surface area contributed by atoms with E-state index in [1.165, 1.54) is 23.8 Å². The lowest BCUT2D eigenvalue weighted by molar-refractivity contribution is 0.188. The van der Waals surface area contributed by atoms with E-state index in [-0.39, 0.29) is 12.1 Å². The fourth-order valence-corrected chi connectivity index (χ4v) is 3.22. The molecule has 2 N–H and O–H groups in total. The highest BCUT2D eigenvalue weighted by molar-refractivity contribution is 5.91. The molecular weight excluding hydrogens is 310 g/mol. The van der Waals surface area contributed by atoms with Crippen molar-refractivity contribution in [2.45, 2.75) is 51.7 Å². The van der Waals surface area contributed by atoms with Gasteiger partial charge in [0.1, 0.15) is 11.9 Å². The SMILES string of the molecule is CCCCc1ccc(OC(CC(C)N)c2ccoc2)c2ccccc12. The zero-order chi connectivity index (χ0) is 17.6. The third-order valence-corrected chi connectivity index (χ3v) is 4.54. The smallest absolute Gasteiger partial charge is 0.128 e. The van der Waals surface area contributed by atoms with Gasteiger partial charge in [-0.2, -0.15) is 0 Å². The van der Waals surface area contributed by atoms with Crippen LogP contribution in [0, 0.1) is 0 Å². The first-order valence-electron chi connectivity index (χ1n) is 9.14. The molecule has 0 fully saturated rings. The van der Waals surface area contributed by atoms with E-state index in [1.54, 1.807) is 12.5 Å². The van der Waals surface area contributed by atoms with Crippen LogP contribution in [0.2, 0.25) is 0 Å². The summed E-state index contributed by atoms with van der Waals surface area (Å²) in [5, 5.41) is 2.44. The maximum Gasteiger partial charge on any atom is 0.128 e. The number of ether oxygens (including phenoxy) is 1. The van der Waals surface area contributed by atoms with Crippen molar-refractivity contribution in [3.8, 4) is 5.75 Å². The van der Waals surface area contributed by atoms with Crippen LogP contribution in [0.4, 0.5) is 0 Å². The molecule has 2 aromatic carbocycles. The Morgan fingerprint density at radius 1 is 1.08 bits per heavy atom. The lowest BCUT2D eigenvalue weighted by atomic mass is 9.99. The molecule has 0 spiro atoms. The minimum Gasteiger partial charge on any atom is -0.485 e. The molecule has 3 rings (SSSR count). The first-order valence-corrected chi connectivity index (χ1v) is 9.14. The summed E-state index contributed by atoms with van der Waals surface area (Å²) in [6.45, 7) is 4.23. The zero-order valence-electron chi connectivity index (χ0n) is 15.1. The van der Waals surface area contributed by atoms with Crippen molar-refractivity contribution < 1.29 is 9.15 Å². The van der Waals surface area contributed by atoms with Crippen molar-refractivity contribution in [2.24, 2.45) is 5.73 Å². The Balaban J connectivity index is 1.94. The van der Waals surface area contributed by atoms with Crippen molar-refractivity contribution >= 4 is 10.8 Å². The molecular formula is C22H27NO2. The quantitative estimate of drug-likeness (QED) is 0.579. The van der Waals surface area contributed by atoms with Crippen molar-refractivity contribution in [1.82, 2.24) is 0 Å². The summed E-state index contributed by atoms with van der Waals surface area (Å²) in [5.74, 6) is 0.905. The Hall–Kier alpha value is -2.26. The number of hydrogen-bond donors (Lipinski definition) is 1. The van der Waals surface area contributed by atoms with Gasteiger partial charge >= 0.3 is 0 Å². The Bertz CT molecular complexity index is 793. The molecule has 25 heavy (non-hydrogen) atoms. The van der Waals surface area contributed by atoms with Crippen molar-refractivity contribution in [1.29, 1.82) is 0 Å². The Labute approximate surface area is 149 Å². The Morgan fingerprint density at radius 3 is 2.56 bits per heavy atom. The van der Waals surface area contributed by atoms with Crippen LogP contribution in [-0.2, 0) is 6.42 Å². The third kappa shape index (κ3) is 4.23. The van der Waals surface area contributed by atoms with Gasteiger partial charge in [-0.1, -0.05) is 43.7 Å². The average molecular weight is 337 g/mol. The first kappa shape index (κ1) is 17.6.